The van der Waals surface area contributed by atoms with Crippen LogP contribution in [0.4, 0.5) is 5.69 Å². The molecule has 3 amide bonds. The monoisotopic (exact) mass is 389 g/mol. The molecule has 2 aromatic rings. The third-order valence-electron chi connectivity index (χ3n) is 4.38. The van der Waals surface area contributed by atoms with E-state index in [1.165, 1.54) is 4.90 Å². The van der Waals surface area contributed by atoms with E-state index in [4.69, 9.17) is 16.0 Å². The van der Waals surface area contributed by atoms with E-state index in [1.54, 1.807) is 55.6 Å². The van der Waals surface area contributed by atoms with Crippen molar-refractivity contribution in [2.24, 2.45) is 5.92 Å². The lowest BCUT2D eigenvalue weighted by molar-refractivity contribution is -0.128. The van der Waals surface area contributed by atoms with Crippen LogP contribution in [0.3, 0.4) is 0 Å². The molecule has 1 saturated heterocycles. The minimum absolute atomic E-state index is 0.0915. The summed E-state index contributed by atoms with van der Waals surface area (Å²) < 4.78 is 5.26. The Kier molecular flexibility index (Phi) is 5.51. The molecule has 8 heteroatoms. The van der Waals surface area contributed by atoms with Crippen molar-refractivity contribution >= 4 is 35.0 Å². The molecule has 27 heavy (non-hydrogen) atoms. The summed E-state index contributed by atoms with van der Waals surface area (Å²) in [7, 11) is 3.25. The summed E-state index contributed by atoms with van der Waals surface area (Å²) in [6, 6.07) is 8.28. The second kappa shape index (κ2) is 7.84. The van der Waals surface area contributed by atoms with Gasteiger partial charge in [-0.15, -0.1) is 0 Å². The predicted molar refractivity (Wildman–Crippen MR) is 100 cm³/mol. The van der Waals surface area contributed by atoms with Crippen molar-refractivity contribution in [3.05, 3.63) is 52.9 Å². The second-order valence-corrected chi connectivity index (χ2v) is 7.05. The van der Waals surface area contributed by atoms with Crippen LogP contribution in [-0.4, -0.2) is 48.2 Å². The molecule has 7 nitrogen and oxygen atoms in total. The molecule has 2 heterocycles. The van der Waals surface area contributed by atoms with E-state index in [-0.39, 0.29) is 24.1 Å². The van der Waals surface area contributed by atoms with Crippen LogP contribution in [0.1, 0.15) is 22.5 Å². The average Bonchev–Trinajstić information content (AvgIpc) is 3.26. The van der Waals surface area contributed by atoms with Gasteiger partial charge in [-0.3, -0.25) is 14.4 Å². The maximum absolute atomic E-state index is 12.6. The van der Waals surface area contributed by atoms with Gasteiger partial charge in [0.25, 0.3) is 5.91 Å². The molecule has 0 saturated carbocycles. The number of halogens is 1. The van der Waals surface area contributed by atoms with E-state index in [2.05, 4.69) is 5.32 Å². The summed E-state index contributed by atoms with van der Waals surface area (Å²) in [5.41, 5.74) is 0.771. The number of benzene rings is 1. The quantitative estimate of drug-likeness (QED) is 0.852. The molecule has 1 aliphatic heterocycles. The Labute approximate surface area is 161 Å². The zero-order valence-electron chi connectivity index (χ0n) is 15.1. The lowest BCUT2D eigenvalue weighted by Gasteiger charge is -2.16. The van der Waals surface area contributed by atoms with Gasteiger partial charge in [0.05, 0.1) is 29.3 Å². The van der Waals surface area contributed by atoms with Gasteiger partial charge in [0, 0.05) is 32.7 Å². The first-order chi connectivity index (χ1) is 12.8. The number of nitrogens with one attached hydrogen (secondary N) is 1. The highest BCUT2D eigenvalue weighted by Crippen LogP contribution is 2.25. The van der Waals surface area contributed by atoms with Crippen molar-refractivity contribution in [1.82, 2.24) is 9.80 Å². The number of nitrogens with zero attached hydrogens (tertiary/aromatic N) is 2. The fraction of sp³-hybridized carbons (Fsp3) is 0.316. The molecule has 142 valence electrons. The fourth-order valence-corrected chi connectivity index (χ4v) is 3.14. The highest BCUT2D eigenvalue weighted by atomic mass is 35.5. The number of likely N-dealkylation sites (tertiary alicyclic amines) is 1. The van der Waals surface area contributed by atoms with Crippen LogP contribution in [0.15, 0.2) is 41.0 Å². The van der Waals surface area contributed by atoms with Gasteiger partial charge in [-0.1, -0.05) is 11.6 Å². The third kappa shape index (κ3) is 4.31. The summed E-state index contributed by atoms with van der Waals surface area (Å²) in [6.45, 7) is 0.667. The van der Waals surface area contributed by atoms with E-state index < -0.39 is 5.92 Å². The standard InChI is InChI=1S/C19H20ClN3O4/c1-22(2)19(26)15-9-13(5-6-16(15)20)21-18(25)12-8-17(24)23(10-12)11-14-4-3-7-27-14/h3-7,9,12H,8,10-11H2,1-2H3,(H,21,25). The molecule has 1 fully saturated rings. The molecule has 0 aliphatic carbocycles. The van der Waals surface area contributed by atoms with Gasteiger partial charge in [0.15, 0.2) is 0 Å². The summed E-state index contributed by atoms with van der Waals surface area (Å²) >= 11 is 6.08. The largest absolute Gasteiger partial charge is 0.467 e. The normalized spacial score (nSPS) is 16.5. The Hall–Kier alpha value is -2.80. The van der Waals surface area contributed by atoms with Gasteiger partial charge in [0.2, 0.25) is 11.8 Å². The molecule has 0 radical (unpaired) electrons. The Morgan fingerprint density at radius 1 is 1.33 bits per heavy atom. The van der Waals surface area contributed by atoms with Gasteiger partial charge < -0.3 is 19.5 Å². The Morgan fingerprint density at radius 3 is 2.78 bits per heavy atom. The lowest BCUT2D eigenvalue weighted by Crippen LogP contribution is -2.28. The van der Waals surface area contributed by atoms with Crippen LogP contribution in [0.2, 0.25) is 5.02 Å². The molecule has 1 aromatic carbocycles. The first kappa shape index (κ1) is 19.0. The van der Waals surface area contributed by atoms with Gasteiger partial charge in [-0.05, 0) is 30.3 Å². The topological polar surface area (TPSA) is 82.9 Å². The molecule has 1 atom stereocenters. The predicted octanol–water partition coefficient (Wildman–Crippen LogP) is 2.62. The average molecular weight is 390 g/mol. The van der Waals surface area contributed by atoms with Gasteiger partial charge >= 0.3 is 0 Å². The minimum Gasteiger partial charge on any atom is -0.467 e. The molecular weight excluding hydrogens is 370 g/mol. The van der Waals surface area contributed by atoms with E-state index in [0.717, 1.165) is 0 Å². The minimum atomic E-state index is -0.462. The number of furan rings is 1. The summed E-state index contributed by atoms with van der Waals surface area (Å²) in [5, 5.41) is 3.09. The Bertz CT molecular complexity index is 864. The zero-order chi connectivity index (χ0) is 19.6. The molecule has 1 aromatic heterocycles. The first-order valence-electron chi connectivity index (χ1n) is 8.47. The van der Waals surface area contributed by atoms with E-state index in [1.807, 2.05) is 0 Å². The van der Waals surface area contributed by atoms with Crippen molar-refractivity contribution in [3.63, 3.8) is 0 Å². The fourth-order valence-electron chi connectivity index (χ4n) is 2.94. The van der Waals surface area contributed by atoms with Crippen LogP contribution < -0.4 is 5.32 Å². The van der Waals surface area contributed by atoms with Gasteiger partial charge in [-0.25, -0.2) is 0 Å². The van der Waals surface area contributed by atoms with E-state index in [0.29, 0.717) is 35.1 Å². The summed E-state index contributed by atoms with van der Waals surface area (Å²) in [6.07, 6.45) is 1.69. The van der Waals surface area contributed by atoms with Crippen LogP contribution in [0, 0.1) is 5.92 Å². The molecule has 0 spiro atoms. The molecule has 0 bridgehead atoms. The molecule has 1 aliphatic rings. The highest BCUT2D eigenvalue weighted by Gasteiger charge is 2.34. The van der Waals surface area contributed by atoms with Crippen molar-refractivity contribution in [2.45, 2.75) is 13.0 Å². The smallest absolute Gasteiger partial charge is 0.254 e. The number of hydrogen-bond acceptors (Lipinski definition) is 4. The summed E-state index contributed by atoms with van der Waals surface area (Å²) in [5.74, 6) is -0.399. The van der Waals surface area contributed by atoms with Crippen LogP contribution in [0.5, 0.6) is 0 Å². The highest BCUT2D eigenvalue weighted by molar-refractivity contribution is 6.34. The number of anilines is 1. The van der Waals surface area contributed by atoms with E-state index in [9.17, 15) is 14.4 Å². The first-order valence-corrected chi connectivity index (χ1v) is 8.85. The van der Waals surface area contributed by atoms with Crippen molar-refractivity contribution < 1.29 is 18.8 Å². The summed E-state index contributed by atoms with van der Waals surface area (Å²) in [4.78, 5) is 39.9. The lowest BCUT2D eigenvalue weighted by atomic mass is 10.1. The maximum Gasteiger partial charge on any atom is 0.254 e. The molecule has 1 unspecified atom stereocenters. The maximum atomic E-state index is 12.6. The molecule has 1 N–H and O–H groups in total. The third-order valence-corrected chi connectivity index (χ3v) is 4.71. The van der Waals surface area contributed by atoms with Crippen molar-refractivity contribution in [1.29, 1.82) is 0 Å². The van der Waals surface area contributed by atoms with Crippen molar-refractivity contribution in [3.8, 4) is 0 Å². The Balaban J connectivity index is 1.66. The number of rotatable bonds is 5. The number of hydrogen-bond donors (Lipinski definition) is 1. The van der Waals surface area contributed by atoms with Gasteiger partial charge in [-0.2, -0.15) is 0 Å². The second-order valence-electron chi connectivity index (χ2n) is 6.64. The number of amides is 3. The van der Waals surface area contributed by atoms with Crippen LogP contribution >= 0.6 is 11.6 Å². The molecule has 3 rings (SSSR count). The number of carbonyl (C=O) groups excluding carboxylic acids is 3. The molecular formula is C19H20ClN3O4. The van der Waals surface area contributed by atoms with Crippen LogP contribution in [-0.2, 0) is 16.1 Å². The SMILES string of the molecule is CN(C)C(=O)c1cc(NC(=O)C2CC(=O)N(Cc3ccco3)C2)ccc1Cl. The zero-order valence-corrected chi connectivity index (χ0v) is 15.8. The Morgan fingerprint density at radius 2 is 2.11 bits per heavy atom. The van der Waals surface area contributed by atoms with Crippen LogP contribution in [0.25, 0.3) is 0 Å². The van der Waals surface area contributed by atoms with Gasteiger partial charge in [0.1, 0.15) is 5.76 Å². The van der Waals surface area contributed by atoms with Crippen molar-refractivity contribution in [2.75, 3.05) is 26.0 Å². The van der Waals surface area contributed by atoms with E-state index >= 15 is 0 Å². The number of carbonyl (C=O) groups is 3.